The van der Waals surface area contributed by atoms with Crippen LogP contribution >= 0.6 is 0 Å². The summed E-state index contributed by atoms with van der Waals surface area (Å²) in [6.45, 7) is 4.64. The van der Waals surface area contributed by atoms with Gasteiger partial charge in [-0.05, 0) is 36.8 Å². The second-order valence-electron chi connectivity index (χ2n) is 8.42. The van der Waals surface area contributed by atoms with Crippen molar-refractivity contribution >= 4 is 6.34 Å². The quantitative estimate of drug-likeness (QED) is 0.387. The Bertz CT molecular complexity index is 1350. The highest BCUT2D eigenvalue weighted by Crippen LogP contribution is 2.47. The fraction of sp³-hybridized carbons (Fsp3) is 0.296. The first-order valence-corrected chi connectivity index (χ1v) is 11.7. The van der Waals surface area contributed by atoms with E-state index in [0.29, 0.717) is 36.2 Å². The molecule has 3 heterocycles. The molecular weight excluding hydrogens is 458 g/mol. The molecule has 1 unspecified atom stereocenters. The molecule has 2 aliphatic heterocycles. The van der Waals surface area contributed by atoms with Crippen molar-refractivity contribution < 1.29 is 18.9 Å². The van der Waals surface area contributed by atoms with Crippen molar-refractivity contribution in [3.8, 4) is 29.1 Å². The number of allylic oxidation sites excluding steroid dienone is 1. The summed E-state index contributed by atoms with van der Waals surface area (Å²) in [5, 5.41) is 15.1. The molecule has 9 nitrogen and oxygen atoms in total. The Balaban J connectivity index is 1.68. The molecule has 0 N–H and O–H groups in total. The largest absolute Gasteiger partial charge is 0.493 e. The molecule has 0 bridgehead atoms. The maximum absolute atomic E-state index is 10.3. The van der Waals surface area contributed by atoms with Gasteiger partial charge in [-0.3, -0.25) is 0 Å². The number of nitriles is 1. The van der Waals surface area contributed by atoms with E-state index < -0.39 is 5.92 Å². The number of hydrogen-bond donors (Lipinski definition) is 0. The van der Waals surface area contributed by atoms with Gasteiger partial charge in [0.05, 0.1) is 56.6 Å². The second kappa shape index (κ2) is 10.1. The van der Waals surface area contributed by atoms with Crippen LogP contribution in [0.25, 0.3) is 5.69 Å². The van der Waals surface area contributed by atoms with Crippen LogP contribution in [0.4, 0.5) is 0 Å². The van der Waals surface area contributed by atoms with E-state index in [2.05, 4.69) is 16.0 Å². The molecule has 5 rings (SSSR count). The highest BCUT2D eigenvalue weighted by molar-refractivity contribution is 5.62. The fourth-order valence-corrected chi connectivity index (χ4v) is 4.51. The Hall–Kier alpha value is -4.29. The molecule has 2 aromatic carbocycles. The number of rotatable bonds is 6. The lowest BCUT2D eigenvalue weighted by atomic mass is 9.84. The minimum absolute atomic E-state index is 0.244. The lowest BCUT2D eigenvalue weighted by molar-refractivity contribution is 0.0699. The minimum Gasteiger partial charge on any atom is -0.493 e. The number of aromatic nitrogens is 2. The number of methoxy groups -OCH3 is 2. The van der Waals surface area contributed by atoms with Crippen LogP contribution in [-0.4, -0.2) is 61.5 Å². The zero-order chi connectivity index (χ0) is 25.1. The van der Waals surface area contributed by atoms with Gasteiger partial charge < -0.3 is 23.8 Å². The number of morpholine rings is 1. The molecule has 0 amide bonds. The molecule has 0 aliphatic carbocycles. The molecule has 1 aromatic heterocycles. The standard InChI is InChI=1S/C27H27N5O4/c1-18-24-25(19-9-10-22(33-2)23(15-19)34-3)21(16-28)26(29-17-31-11-13-35-14-12-31)36-27(24)32(30-18)20-7-5-4-6-8-20/h4-10,15,17,25H,11-14H2,1-3H3. The number of hydrogen-bond acceptors (Lipinski definition) is 7. The fourth-order valence-electron chi connectivity index (χ4n) is 4.51. The number of nitrogens with zero attached hydrogens (tertiary/aromatic N) is 5. The molecule has 2 aliphatic rings. The molecule has 3 aromatic rings. The van der Waals surface area contributed by atoms with Crippen LogP contribution in [0.2, 0.25) is 0 Å². The highest BCUT2D eigenvalue weighted by Gasteiger charge is 2.37. The van der Waals surface area contributed by atoms with Crippen molar-refractivity contribution in [2.24, 2.45) is 4.99 Å². The summed E-state index contributed by atoms with van der Waals surface area (Å²) in [4.78, 5) is 6.69. The van der Waals surface area contributed by atoms with Crippen molar-refractivity contribution in [3.63, 3.8) is 0 Å². The summed E-state index contributed by atoms with van der Waals surface area (Å²) < 4.78 is 24.5. The predicted octanol–water partition coefficient (Wildman–Crippen LogP) is 3.82. The highest BCUT2D eigenvalue weighted by atomic mass is 16.5. The van der Waals surface area contributed by atoms with Gasteiger partial charge in [-0.25, -0.2) is 9.67 Å². The van der Waals surface area contributed by atoms with Crippen LogP contribution < -0.4 is 14.2 Å². The summed E-state index contributed by atoms with van der Waals surface area (Å²) >= 11 is 0. The third-order valence-corrected chi connectivity index (χ3v) is 6.31. The Morgan fingerprint density at radius 2 is 1.83 bits per heavy atom. The Morgan fingerprint density at radius 1 is 1.08 bits per heavy atom. The Morgan fingerprint density at radius 3 is 2.53 bits per heavy atom. The molecule has 1 atom stereocenters. The number of aliphatic imine (C=N–C) groups is 1. The molecule has 0 spiro atoms. The molecular formula is C27H27N5O4. The van der Waals surface area contributed by atoms with E-state index in [1.165, 1.54) is 0 Å². The number of benzene rings is 2. The average Bonchev–Trinajstić information content (AvgIpc) is 3.27. The van der Waals surface area contributed by atoms with E-state index >= 15 is 0 Å². The normalized spacial score (nSPS) is 17.5. The van der Waals surface area contributed by atoms with Gasteiger partial charge in [-0.2, -0.15) is 10.4 Å². The summed E-state index contributed by atoms with van der Waals surface area (Å²) in [6.07, 6.45) is 1.72. The van der Waals surface area contributed by atoms with E-state index in [1.54, 1.807) is 25.2 Å². The lowest BCUT2D eigenvalue weighted by Gasteiger charge is -2.27. The maximum Gasteiger partial charge on any atom is 0.237 e. The third-order valence-electron chi connectivity index (χ3n) is 6.31. The lowest BCUT2D eigenvalue weighted by Crippen LogP contribution is -2.35. The van der Waals surface area contributed by atoms with Crippen molar-refractivity contribution in [2.75, 3.05) is 40.5 Å². The maximum atomic E-state index is 10.3. The second-order valence-corrected chi connectivity index (χ2v) is 8.42. The molecule has 36 heavy (non-hydrogen) atoms. The molecule has 0 radical (unpaired) electrons. The van der Waals surface area contributed by atoms with Crippen LogP contribution in [0.5, 0.6) is 17.4 Å². The molecule has 1 saturated heterocycles. The van der Waals surface area contributed by atoms with Gasteiger partial charge in [0.15, 0.2) is 11.5 Å². The summed E-state index contributed by atoms with van der Waals surface area (Å²) in [5.41, 5.74) is 3.67. The summed E-state index contributed by atoms with van der Waals surface area (Å²) in [7, 11) is 3.19. The molecule has 9 heteroatoms. The van der Waals surface area contributed by atoms with E-state index in [4.69, 9.17) is 24.0 Å². The predicted molar refractivity (Wildman–Crippen MR) is 134 cm³/mol. The average molecular weight is 486 g/mol. The van der Waals surface area contributed by atoms with E-state index in [0.717, 1.165) is 35.6 Å². The third kappa shape index (κ3) is 4.27. The first kappa shape index (κ1) is 23.5. The van der Waals surface area contributed by atoms with Gasteiger partial charge in [0.25, 0.3) is 0 Å². The van der Waals surface area contributed by atoms with Gasteiger partial charge in [-0.15, -0.1) is 0 Å². The van der Waals surface area contributed by atoms with Gasteiger partial charge in [0.1, 0.15) is 11.6 Å². The first-order chi connectivity index (χ1) is 17.6. The van der Waals surface area contributed by atoms with Gasteiger partial charge >= 0.3 is 0 Å². The van der Waals surface area contributed by atoms with Crippen molar-refractivity contribution in [1.82, 2.24) is 14.7 Å². The van der Waals surface area contributed by atoms with Gasteiger partial charge in [0, 0.05) is 13.1 Å². The first-order valence-electron chi connectivity index (χ1n) is 11.7. The topological polar surface area (TPSA) is 94.1 Å². The Labute approximate surface area is 209 Å². The van der Waals surface area contributed by atoms with Crippen LogP contribution in [0.15, 0.2) is 65.0 Å². The molecule has 1 fully saturated rings. The zero-order valence-corrected chi connectivity index (χ0v) is 20.5. The van der Waals surface area contributed by atoms with Crippen molar-refractivity contribution in [2.45, 2.75) is 12.8 Å². The van der Waals surface area contributed by atoms with E-state index in [-0.39, 0.29) is 5.88 Å². The summed E-state index contributed by atoms with van der Waals surface area (Å²) in [6, 6.07) is 17.8. The van der Waals surface area contributed by atoms with Gasteiger partial charge in [0.2, 0.25) is 11.8 Å². The number of ether oxygens (including phenoxy) is 4. The SMILES string of the molecule is COc1ccc(C2C(C#N)=C(N=CN3CCOCC3)Oc3c2c(C)nn3-c2ccccc2)cc1OC. The van der Waals surface area contributed by atoms with Crippen molar-refractivity contribution in [1.29, 1.82) is 5.26 Å². The van der Waals surface area contributed by atoms with Gasteiger partial charge in [-0.1, -0.05) is 24.3 Å². The van der Waals surface area contributed by atoms with Crippen LogP contribution in [0.1, 0.15) is 22.7 Å². The zero-order valence-electron chi connectivity index (χ0n) is 20.5. The molecule has 0 saturated carbocycles. The molecule has 184 valence electrons. The van der Waals surface area contributed by atoms with Crippen molar-refractivity contribution in [3.05, 3.63) is 76.8 Å². The van der Waals surface area contributed by atoms with Crippen LogP contribution in [0, 0.1) is 18.3 Å². The van der Waals surface area contributed by atoms with Crippen LogP contribution in [0.3, 0.4) is 0 Å². The number of aryl methyl sites for hydroxylation is 1. The number of fused-ring (bicyclic) bond motifs is 1. The smallest absolute Gasteiger partial charge is 0.237 e. The van der Waals surface area contributed by atoms with E-state index in [1.807, 2.05) is 55.5 Å². The number of para-hydroxylation sites is 1. The van der Waals surface area contributed by atoms with Crippen LogP contribution in [-0.2, 0) is 4.74 Å². The summed E-state index contributed by atoms with van der Waals surface area (Å²) in [5.74, 6) is 1.51. The monoisotopic (exact) mass is 485 g/mol. The minimum atomic E-state index is -0.451. The Kier molecular flexibility index (Phi) is 6.60. The van der Waals surface area contributed by atoms with E-state index in [9.17, 15) is 5.26 Å².